The molecule has 0 bridgehead atoms. The van der Waals surface area contributed by atoms with Crippen LogP contribution in [0, 0.1) is 11.8 Å². The van der Waals surface area contributed by atoms with Gasteiger partial charge in [-0.05, 0) is 24.3 Å². The summed E-state index contributed by atoms with van der Waals surface area (Å²) in [6, 6.07) is 1.66. The van der Waals surface area contributed by atoms with Crippen molar-refractivity contribution >= 4 is 17.5 Å². The average molecular weight is 339 g/mol. The van der Waals surface area contributed by atoms with Gasteiger partial charge in [0.1, 0.15) is 11.1 Å². The summed E-state index contributed by atoms with van der Waals surface area (Å²) in [7, 11) is 0. The molecule has 3 unspecified atom stereocenters. The van der Waals surface area contributed by atoms with Crippen molar-refractivity contribution in [3.8, 4) is 5.88 Å². The first-order valence-corrected chi connectivity index (χ1v) is 8.60. The highest BCUT2D eigenvalue weighted by atomic mass is 35.5. The van der Waals surface area contributed by atoms with Gasteiger partial charge < -0.3 is 14.4 Å². The number of piperidine rings is 1. The quantitative estimate of drug-likeness (QED) is 0.850. The van der Waals surface area contributed by atoms with Gasteiger partial charge in [-0.15, -0.1) is 0 Å². The van der Waals surface area contributed by atoms with E-state index in [4.69, 9.17) is 21.1 Å². The lowest BCUT2D eigenvalue weighted by molar-refractivity contribution is 0.0622. The molecule has 0 aromatic carbocycles. The molecule has 23 heavy (non-hydrogen) atoms. The SMILES string of the molecule is CC1CC(C)CN(C(=O)c2cnc(OC3CCOC3)c(Cl)c2)C1. The van der Waals surface area contributed by atoms with Crippen LogP contribution in [0.5, 0.6) is 5.88 Å². The number of rotatable bonds is 3. The maximum atomic E-state index is 12.7. The lowest BCUT2D eigenvalue weighted by Gasteiger charge is -2.35. The maximum Gasteiger partial charge on any atom is 0.255 e. The van der Waals surface area contributed by atoms with E-state index in [-0.39, 0.29) is 12.0 Å². The van der Waals surface area contributed by atoms with Gasteiger partial charge in [-0.2, -0.15) is 0 Å². The molecule has 1 amide bonds. The zero-order valence-corrected chi connectivity index (χ0v) is 14.4. The number of ether oxygens (including phenoxy) is 2. The fourth-order valence-electron chi connectivity index (χ4n) is 3.40. The first-order chi connectivity index (χ1) is 11.0. The maximum absolute atomic E-state index is 12.7. The lowest BCUT2D eigenvalue weighted by Crippen LogP contribution is -2.42. The van der Waals surface area contributed by atoms with Crippen molar-refractivity contribution in [3.63, 3.8) is 0 Å². The standard InChI is InChI=1S/C17H23ClN2O3/c1-11-5-12(2)9-20(8-11)17(21)13-6-15(18)16(19-7-13)23-14-3-4-22-10-14/h6-7,11-12,14H,3-5,8-10H2,1-2H3. The zero-order valence-electron chi connectivity index (χ0n) is 13.6. The molecule has 0 aliphatic carbocycles. The normalized spacial score (nSPS) is 28.0. The first-order valence-electron chi connectivity index (χ1n) is 8.22. The Kier molecular flexibility index (Phi) is 5.07. The molecule has 2 aliphatic rings. The van der Waals surface area contributed by atoms with Crippen LogP contribution in [0.3, 0.4) is 0 Å². The van der Waals surface area contributed by atoms with E-state index >= 15 is 0 Å². The number of carbonyl (C=O) groups excluding carboxylic acids is 1. The predicted octanol–water partition coefficient (Wildman–Crippen LogP) is 3.02. The largest absolute Gasteiger partial charge is 0.471 e. The van der Waals surface area contributed by atoms with Crippen LogP contribution in [0.1, 0.15) is 37.0 Å². The number of hydrogen-bond acceptors (Lipinski definition) is 4. The van der Waals surface area contributed by atoms with E-state index in [1.165, 1.54) is 6.42 Å². The average Bonchev–Trinajstić information content (AvgIpc) is 3.00. The first kappa shape index (κ1) is 16.5. The summed E-state index contributed by atoms with van der Waals surface area (Å²) >= 11 is 6.25. The fourth-order valence-corrected chi connectivity index (χ4v) is 3.61. The Morgan fingerprint density at radius 2 is 2.13 bits per heavy atom. The van der Waals surface area contributed by atoms with Gasteiger partial charge in [0.2, 0.25) is 5.88 Å². The van der Waals surface area contributed by atoms with Gasteiger partial charge in [-0.3, -0.25) is 4.79 Å². The molecule has 3 rings (SSSR count). The fraction of sp³-hybridized carbons (Fsp3) is 0.647. The molecule has 0 N–H and O–H groups in total. The van der Waals surface area contributed by atoms with Gasteiger partial charge in [0, 0.05) is 25.7 Å². The van der Waals surface area contributed by atoms with Gasteiger partial charge in [0.25, 0.3) is 5.91 Å². The third-order valence-corrected chi connectivity index (χ3v) is 4.65. The molecular formula is C17H23ClN2O3. The second kappa shape index (κ2) is 7.05. The molecule has 0 spiro atoms. The molecule has 2 aliphatic heterocycles. The highest BCUT2D eigenvalue weighted by Crippen LogP contribution is 2.27. The molecule has 0 saturated carbocycles. The van der Waals surface area contributed by atoms with Gasteiger partial charge >= 0.3 is 0 Å². The Balaban J connectivity index is 1.70. The Hall–Kier alpha value is -1.33. The Bertz CT molecular complexity index is 565. The second-order valence-corrected chi connectivity index (χ2v) is 7.18. The van der Waals surface area contributed by atoms with Crippen molar-refractivity contribution in [1.82, 2.24) is 9.88 Å². The molecule has 6 heteroatoms. The Morgan fingerprint density at radius 3 is 2.74 bits per heavy atom. The number of pyridine rings is 1. The summed E-state index contributed by atoms with van der Waals surface area (Å²) in [5.74, 6) is 1.42. The monoisotopic (exact) mass is 338 g/mol. The number of nitrogens with zero attached hydrogens (tertiary/aromatic N) is 2. The highest BCUT2D eigenvalue weighted by molar-refractivity contribution is 6.32. The van der Waals surface area contributed by atoms with E-state index in [1.54, 1.807) is 12.3 Å². The lowest BCUT2D eigenvalue weighted by atomic mass is 9.91. The number of aromatic nitrogens is 1. The smallest absolute Gasteiger partial charge is 0.255 e. The summed E-state index contributed by atoms with van der Waals surface area (Å²) in [6.07, 6.45) is 3.55. The summed E-state index contributed by atoms with van der Waals surface area (Å²) in [4.78, 5) is 18.8. The van der Waals surface area contributed by atoms with Crippen LogP contribution in [0.2, 0.25) is 5.02 Å². The number of carbonyl (C=O) groups is 1. The van der Waals surface area contributed by atoms with Crippen molar-refractivity contribution < 1.29 is 14.3 Å². The second-order valence-electron chi connectivity index (χ2n) is 6.77. The van der Waals surface area contributed by atoms with E-state index in [0.29, 0.717) is 41.5 Å². The molecule has 0 radical (unpaired) electrons. The van der Waals surface area contributed by atoms with Gasteiger partial charge in [0.15, 0.2) is 0 Å². The molecule has 1 aromatic rings. The predicted molar refractivity (Wildman–Crippen MR) is 87.9 cm³/mol. The third kappa shape index (κ3) is 3.96. The molecule has 1 aromatic heterocycles. The highest BCUT2D eigenvalue weighted by Gasteiger charge is 2.27. The summed E-state index contributed by atoms with van der Waals surface area (Å²) < 4.78 is 11.0. The van der Waals surface area contributed by atoms with Crippen LogP contribution in [-0.4, -0.2) is 48.2 Å². The van der Waals surface area contributed by atoms with Crippen LogP contribution < -0.4 is 4.74 Å². The number of hydrogen-bond donors (Lipinski definition) is 0. The molecule has 2 saturated heterocycles. The van der Waals surface area contributed by atoms with Crippen LogP contribution in [0.15, 0.2) is 12.3 Å². The number of likely N-dealkylation sites (tertiary alicyclic amines) is 1. The minimum atomic E-state index is -0.00894. The van der Waals surface area contributed by atoms with Crippen LogP contribution in [-0.2, 0) is 4.74 Å². The van der Waals surface area contributed by atoms with E-state index < -0.39 is 0 Å². The molecule has 3 atom stereocenters. The minimum absolute atomic E-state index is 0.00597. The van der Waals surface area contributed by atoms with Gasteiger partial charge in [-0.25, -0.2) is 4.98 Å². The van der Waals surface area contributed by atoms with Crippen LogP contribution >= 0.6 is 11.6 Å². The Morgan fingerprint density at radius 1 is 1.39 bits per heavy atom. The van der Waals surface area contributed by atoms with Crippen molar-refractivity contribution in [2.24, 2.45) is 11.8 Å². The summed E-state index contributed by atoms with van der Waals surface area (Å²) in [5, 5.41) is 0.376. The number of amides is 1. The van der Waals surface area contributed by atoms with Crippen LogP contribution in [0.25, 0.3) is 0 Å². The van der Waals surface area contributed by atoms with Crippen molar-refractivity contribution in [2.45, 2.75) is 32.8 Å². The molecule has 2 fully saturated rings. The number of halogens is 1. The van der Waals surface area contributed by atoms with Crippen LogP contribution in [0.4, 0.5) is 0 Å². The molecular weight excluding hydrogens is 316 g/mol. The summed E-state index contributed by atoms with van der Waals surface area (Å²) in [6.45, 7) is 7.20. The molecule has 126 valence electrons. The Labute approximate surface area is 141 Å². The van der Waals surface area contributed by atoms with E-state index in [2.05, 4.69) is 18.8 Å². The summed E-state index contributed by atoms with van der Waals surface area (Å²) in [5.41, 5.74) is 0.520. The topological polar surface area (TPSA) is 51.7 Å². The van der Waals surface area contributed by atoms with E-state index in [9.17, 15) is 4.79 Å². The van der Waals surface area contributed by atoms with Gasteiger partial charge in [0.05, 0.1) is 18.8 Å². The van der Waals surface area contributed by atoms with E-state index in [0.717, 1.165) is 19.5 Å². The van der Waals surface area contributed by atoms with Crippen molar-refractivity contribution in [2.75, 3.05) is 26.3 Å². The molecule has 5 nitrogen and oxygen atoms in total. The van der Waals surface area contributed by atoms with E-state index in [1.807, 2.05) is 4.90 Å². The van der Waals surface area contributed by atoms with Crippen molar-refractivity contribution in [1.29, 1.82) is 0 Å². The minimum Gasteiger partial charge on any atom is -0.471 e. The third-order valence-electron chi connectivity index (χ3n) is 4.38. The molecule has 3 heterocycles. The van der Waals surface area contributed by atoms with Crippen molar-refractivity contribution in [3.05, 3.63) is 22.8 Å². The zero-order chi connectivity index (χ0) is 16.4. The van der Waals surface area contributed by atoms with Gasteiger partial charge in [-0.1, -0.05) is 25.4 Å².